The lowest BCUT2D eigenvalue weighted by molar-refractivity contribution is -0.145. The number of carbonyl (C=O) groups excluding carboxylic acids is 1. The number of nitrogens with zero attached hydrogens (tertiary/aromatic N) is 2. The van der Waals surface area contributed by atoms with Crippen LogP contribution in [0.15, 0.2) is 11.5 Å². The van der Waals surface area contributed by atoms with Crippen molar-refractivity contribution in [3.8, 4) is 0 Å². The maximum absolute atomic E-state index is 12.9. The standard InChI is InChI=1S/C6H8FN3O2S/c1-2-12-5(11)4(7)13-6-8-3-9-10-6/h3-4H,2H2,1H3,(H,8,9,10)/t4-/m0/s1. The third kappa shape index (κ3) is 3.02. The highest BCUT2D eigenvalue weighted by Crippen LogP contribution is 2.20. The molecule has 0 bridgehead atoms. The smallest absolute Gasteiger partial charge is 0.351 e. The van der Waals surface area contributed by atoms with Gasteiger partial charge >= 0.3 is 5.97 Å². The number of nitrogens with one attached hydrogen (secondary N) is 1. The van der Waals surface area contributed by atoms with E-state index in [-0.39, 0.29) is 11.8 Å². The molecule has 0 amide bonds. The summed E-state index contributed by atoms with van der Waals surface area (Å²) in [5.41, 5.74) is -1.76. The fraction of sp³-hybridized carbons (Fsp3) is 0.500. The highest BCUT2D eigenvalue weighted by molar-refractivity contribution is 8.00. The summed E-state index contributed by atoms with van der Waals surface area (Å²) in [6.45, 7) is 1.78. The molecule has 1 rings (SSSR count). The first-order valence-electron chi connectivity index (χ1n) is 3.56. The zero-order chi connectivity index (χ0) is 9.68. The summed E-state index contributed by atoms with van der Waals surface area (Å²) in [6, 6.07) is 0. The van der Waals surface area contributed by atoms with Gasteiger partial charge in [0.05, 0.1) is 6.61 Å². The fourth-order valence-corrected chi connectivity index (χ4v) is 1.18. The molecule has 0 aliphatic heterocycles. The monoisotopic (exact) mass is 205 g/mol. The molecule has 1 heterocycles. The van der Waals surface area contributed by atoms with E-state index < -0.39 is 11.5 Å². The van der Waals surface area contributed by atoms with E-state index >= 15 is 0 Å². The number of carbonyl (C=O) groups is 1. The SMILES string of the molecule is CCOC(=O)[C@@H](F)Sc1ncn[nH]1. The summed E-state index contributed by atoms with van der Waals surface area (Å²) in [5, 5.41) is 6.17. The van der Waals surface area contributed by atoms with Gasteiger partial charge in [0, 0.05) is 0 Å². The van der Waals surface area contributed by atoms with Gasteiger partial charge in [-0.15, -0.1) is 0 Å². The number of aromatic nitrogens is 3. The first kappa shape index (κ1) is 9.97. The molecule has 0 saturated carbocycles. The summed E-state index contributed by atoms with van der Waals surface area (Å²) in [7, 11) is 0. The van der Waals surface area contributed by atoms with Crippen molar-refractivity contribution < 1.29 is 13.9 Å². The van der Waals surface area contributed by atoms with E-state index in [9.17, 15) is 9.18 Å². The van der Waals surface area contributed by atoms with Crippen molar-refractivity contribution in [2.24, 2.45) is 0 Å². The lowest BCUT2D eigenvalue weighted by atomic mass is 10.7. The van der Waals surface area contributed by atoms with Crippen molar-refractivity contribution in [2.75, 3.05) is 6.61 Å². The van der Waals surface area contributed by atoms with Crippen molar-refractivity contribution >= 4 is 17.7 Å². The summed E-state index contributed by atoms with van der Waals surface area (Å²) < 4.78 is 17.4. The molecule has 13 heavy (non-hydrogen) atoms. The van der Waals surface area contributed by atoms with E-state index in [4.69, 9.17) is 0 Å². The Morgan fingerprint density at radius 3 is 3.23 bits per heavy atom. The number of thioether (sulfide) groups is 1. The predicted octanol–water partition coefficient (Wildman–Crippen LogP) is 0.755. The van der Waals surface area contributed by atoms with Crippen LogP contribution in [-0.4, -0.2) is 33.3 Å². The normalized spacial score (nSPS) is 12.5. The zero-order valence-electron chi connectivity index (χ0n) is 6.86. The van der Waals surface area contributed by atoms with Crippen LogP contribution in [0.3, 0.4) is 0 Å². The van der Waals surface area contributed by atoms with Crippen LogP contribution in [0.4, 0.5) is 4.39 Å². The second-order valence-corrected chi connectivity index (χ2v) is 3.01. The van der Waals surface area contributed by atoms with Crippen LogP contribution in [-0.2, 0) is 9.53 Å². The van der Waals surface area contributed by atoms with Crippen LogP contribution in [0.5, 0.6) is 0 Å². The van der Waals surface area contributed by atoms with Crippen LogP contribution in [0.1, 0.15) is 6.92 Å². The van der Waals surface area contributed by atoms with Crippen LogP contribution in [0.2, 0.25) is 0 Å². The van der Waals surface area contributed by atoms with Crippen LogP contribution < -0.4 is 0 Å². The summed E-state index contributed by atoms with van der Waals surface area (Å²) in [6.07, 6.45) is 1.24. The van der Waals surface area contributed by atoms with E-state index in [0.717, 1.165) is 0 Å². The molecular formula is C6H8FN3O2S. The quantitative estimate of drug-likeness (QED) is 0.580. The number of ether oxygens (including phenoxy) is 1. The Labute approximate surface area is 78.1 Å². The molecule has 0 aliphatic carbocycles. The molecule has 0 fully saturated rings. The maximum Gasteiger partial charge on any atom is 0.351 e. The number of esters is 1. The molecule has 5 nitrogen and oxygen atoms in total. The van der Waals surface area contributed by atoms with Gasteiger partial charge in [-0.3, -0.25) is 5.10 Å². The lowest BCUT2D eigenvalue weighted by Crippen LogP contribution is -2.15. The predicted molar refractivity (Wildman–Crippen MR) is 43.8 cm³/mol. The molecule has 1 aromatic rings. The van der Waals surface area contributed by atoms with Gasteiger partial charge in [-0.25, -0.2) is 14.2 Å². The minimum atomic E-state index is -1.76. The average molecular weight is 205 g/mol. The van der Waals surface area contributed by atoms with E-state index in [1.807, 2.05) is 0 Å². The van der Waals surface area contributed by atoms with Gasteiger partial charge < -0.3 is 4.74 Å². The number of aromatic amines is 1. The second-order valence-electron chi connectivity index (χ2n) is 1.98. The molecule has 0 unspecified atom stereocenters. The zero-order valence-corrected chi connectivity index (χ0v) is 7.68. The average Bonchev–Trinajstić information content (AvgIpc) is 2.57. The maximum atomic E-state index is 12.9. The minimum Gasteiger partial charge on any atom is -0.463 e. The molecule has 0 aliphatic rings. The number of alkyl halides is 1. The van der Waals surface area contributed by atoms with Gasteiger partial charge in [0.15, 0.2) is 5.16 Å². The van der Waals surface area contributed by atoms with Crippen molar-refractivity contribution in [3.05, 3.63) is 6.33 Å². The van der Waals surface area contributed by atoms with Crippen molar-refractivity contribution in [1.29, 1.82) is 0 Å². The lowest BCUT2D eigenvalue weighted by Gasteiger charge is -2.03. The Kier molecular flexibility index (Phi) is 3.69. The third-order valence-electron chi connectivity index (χ3n) is 1.08. The van der Waals surface area contributed by atoms with Crippen LogP contribution in [0.25, 0.3) is 0 Å². The summed E-state index contributed by atoms with van der Waals surface area (Å²) in [4.78, 5) is 14.4. The Morgan fingerprint density at radius 2 is 2.69 bits per heavy atom. The van der Waals surface area contributed by atoms with E-state index in [1.165, 1.54) is 6.33 Å². The molecular weight excluding hydrogens is 197 g/mol. The molecule has 72 valence electrons. The van der Waals surface area contributed by atoms with Crippen molar-refractivity contribution in [1.82, 2.24) is 15.2 Å². The minimum absolute atomic E-state index is 0.163. The summed E-state index contributed by atoms with van der Waals surface area (Å²) >= 11 is 0.628. The van der Waals surface area contributed by atoms with Crippen molar-refractivity contribution in [3.63, 3.8) is 0 Å². The van der Waals surface area contributed by atoms with Gasteiger partial charge in [-0.1, -0.05) is 0 Å². The Morgan fingerprint density at radius 1 is 1.92 bits per heavy atom. The van der Waals surface area contributed by atoms with E-state index in [2.05, 4.69) is 19.9 Å². The Hall–Kier alpha value is -1.11. The van der Waals surface area contributed by atoms with E-state index in [1.54, 1.807) is 6.92 Å². The molecule has 0 saturated heterocycles. The largest absolute Gasteiger partial charge is 0.463 e. The molecule has 1 N–H and O–H groups in total. The van der Waals surface area contributed by atoms with Gasteiger partial charge in [0.25, 0.3) is 0 Å². The third-order valence-corrected chi connectivity index (χ3v) is 1.90. The second kappa shape index (κ2) is 4.80. The van der Waals surface area contributed by atoms with Gasteiger partial charge in [0.2, 0.25) is 5.50 Å². The number of rotatable bonds is 4. The molecule has 7 heteroatoms. The fourth-order valence-electron chi connectivity index (χ4n) is 0.605. The van der Waals surface area contributed by atoms with Gasteiger partial charge in [-0.05, 0) is 18.7 Å². The number of hydrogen-bond donors (Lipinski definition) is 1. The highest BCUT2D eigenvalue weighted by Gasteiger charge is 2.20. The first-order chi connectivity index (χ1) is 6.24. The highest BCUT2D eigenvalue weighted by atomic mass is 32.2. The van der Waals surface area contributed by atoms with Gasteiger partial charge in [0.1, 0.15) is 6.33 Å². The summed E-state index contributed by atoms with van der Waals surface area (Å²) in [5.74, 6) is -0.899. The molecule has 0 aromatic carbocycles. The number of halogens is 1. The van der Waals surface area contributed by atoms with Gasteiger partial charge in [-0.2, -0.15) is 5.10 Å². The Balaban J connectivity index is 2.41. The topological polar surface area (TPSA) is 67.9 Å². The van der Waals surface area contributed by atoms with Crippen LogP contribution >= 0.6 is 11.8 Å². The van der Waals surface area contributed by atoms with Crippen LogP contribution in [0, 0.1) is 0 Å². The molecule has 1 atom stereocenters. The first-order valence-corrected chi connectivity index (χ1v) is 4.44. The van der Waals surface area contributed by atoms with Crippen molar-refractivity contribution in [2.45, 2.75) is 17.6 Å². The number of H-pyrrole nitrogens is 1. The molecule has 0 spiro atoms. The molecule has 1 aromatic heterocycles. The number of hydrogen-bond acceptors (Lipinski definition) is 5. The molecule has 0 radical (unpaired) electrons. The van der Waals surface area contributed by atoms with E-state index in [0.29, 0.717) is 11.8 Å². The Bertz CT molecular complexity index is 267.